The van der Waals surface area contributed by atoms with Crippen LogP contribution in [-0.4, -0.2) is 52.4 Å². The highest BCUT2D eigenvalue weighted by Crippen LogP contribution is 2.47. The van der Waals surface area contributed by atoms with E-state index >= 15 is 0 Å². The van der Waals surface area contributed by atoms with E-state index in [-0.39, 0.29) is 27.4 Å². The summed E-state index contributed by atoms with van der Waals surface area (Å²) in [5.41, 5.74) is 0.644. The van der Waals surface area contributed by atoms with Crippen LogP contribution in [0.15, 0.2) is 53.4 Å². The van der Waals surface area contributed by atoms with E-state index in [1.807, 2.05) is 4.90 Å². The van der Waals surface area contributed by atoms with Crippen molar-refractivity contribution in [2.45, 2.75) is 24.7 Å². The van der Waals surface area contributed by atoms with Crippen molar-refractivity contribution in [3.8, 4) is 29.0 Å². The van der Waals surface area contributed by atoms with Gasteiger partial charge in [0.2, 0.25) is 11.8 Å². The van der Waals surface area contributed by atoms with Crippen molar-refractivity contribution >= 4 is 33.1 Å². The number of benzene rings is 2. The Balaban J connectivity index is 1.81. The molecular weight excluding hydrogens is 520 g/mol. The highest BCUT2D eigenvalue weighted by atomic mass is 35.5. The van der Waals surface area contributed by atoms with E-state index in [0.717, 1.165) is 12.8 Å². The van der Waals surface area contributed by atoms with Crippen molar-refractivity contribution in [1.29, 1.82) is 0 Å². The fourth-order valence-electron chi connectivity index (χ4n) is 3.85. The zero-order valence-corrected chi connectivity index (χ0v) is 22.3. The molecule has 196 valence electrons. The van der Waals surface area contributed by atoms with Gasteiger partial charge in [0.25, 0.3) is 0 Å². The molecule has 0 N–H and O–H groups in total. The van der Waals surface area contributed by atoms with Crippen LogP contribution in [0.25, 0.3) is 0 Å². The topological polar surface area (TPSA) is 104 Å². The summed E-state index contributed by atoms with van der Waals surface area (Å²) >= 11 is 6.64. The first-order chi connectivity index (χ1) is 17.8. The van der Waals surface area contributed by atoms with Gasteiger partial charge in [0, 0.05) is 13.1 Å². The summed E-state index contributed by atoms with van der Waals surface area (Å²) in [6.45, 7) is 2.97. The molecule has 0 spiro atoms. The Morgan fingerprint density at radius 2 is 1.57 bits per heavy atom. The second kappa shape index (κ2) is 11.3. The van der Waals surface area contributed by atoms with E-state index in [0.29, 0.717) is 41.6 Å². The van der Waals surface area contributed by atoms with E-state index in [9.17, 15) is 13.2 Å². The highest BCUT2D eigenvalue weighted by molar-refractivity contribution is 7.91. The van der Waals surface area contributed by atoms with Gasteiger partial charge in [0.1, 0.15) is 32.9 Å². The number of unbranched alkanes of at least 4 members (excludes halogenated alkanes) is 1. The fraction of sp³-hybridized carbons (Fsp3) is 0.308. The molecule has 4 rings (SSSR count). The smallest absolute Gasteiger partial charge is 0.337 e. The van der Waals surface area contributed by atoms with Gasteiger partial charge in [-0.1, -0.05) is 24.9 Å². The molecule has 0 atom stereocenters. The molecule has 2 heterocycles. The Kier molecular flexibility index (Phi) is 8.09. The summed E-state index contributed by atoms with van der Waals surface area (Å²) in [7, 11) is -0.897. The molecule has 1 aliphatic rings. The summed E-state index contributed by atoms with van der Waals surface area (Å²) < 4.78 is 48.4. The Morgan fingerprint density at radius 1 is 0.973 bits per heavy atom. The average molecular weight is 547 g/mol. The Labute approximate surface area is 220 Å². The Hall–Kier alpha value is -3.50. The van der Waals surface area contributed by atoms with Gasteiger partial charge < -0.3 is 23.8 Å². The predicted octanol–water partition coefficient (Wildman–Crippen LogP) is 5.51. The number of esters is 1. The lowest BCUT2D eigenvalue weighted by Gasteiger charge is -2.32. The van der Waals surface area contributed by atoms with Gasteiger partial charge >= 0.3 is 5.97 Å². The van der Waals surface area contributed by atoms with Crippen molar-refractivity contribution in [2.24, 2.45) is 0 Å². The van der Waals surface area contributed by atoms with Gasteiger partial charge in [0.05, 0.1) is 25.5 Å². The summed E-state index contributed by atoms with van der Waals surface area (Å²) in [6, 6.07) is 13.0. The minimum Gasteiger partial charge on any atom is -0.497 e. The van der Waals surface area contributed by atoms with Crippen LogP contribution in [0.1, 0.15) is 30.1 Å². The number of carbonyl (C=O) groups is 1. The molecule has 0 aliphatic carbocycles. The van der Waals surface area contributed by atoms with Crippen LogP contribution in [0.2, 0.25) is 5.02 Å². The Morgan fingerprint density at radius 3 is 2.16 bits per heavy atom. The second-order valence-corrected chi connectivity index (χ2v) is 10.7. The van der Waals surface area contributed by atoms with Crippen LogP contribution in [0.3, 0.4) is 0 Å². The number of hydrogen-bond acceptors (Lipinski definition) is 9. The number of pyridine rings is 1. The summed E-state index contributed by atoms with van der Waals surface area (Å²) in [6.07, 6.45) is 1.78. The van der Waals surface area contributed by atoms with E-state index in [1.54, 1.807) is 31.4 Å². The number of halogens is 1. The van der Waals surface area contributed by atoms with E-state index in [1.165, 1.54) is 31.4 Å². The van der Waals surface area contributed by atoms with Gasteiger partial charge in [-0.05, 0) is 55.0 Å². The first-order valence-electron chi connectivity index (χ1n) is 11.7. The quantitative estimate of drug-likeness (QED) is 0.321. The van der Waals surface area contributed by atoms with E-state index < -0.39 is 15.8 Å². The summed E-state index contributed by atoms with van der Waals surface area (Å²) in [5, 5.41) is -0.129. The monoisotopic (exact) mass is 546 g/mol. The number of methoxy groups -OCH3 is 2. The van der Waals surface area contributed by atoms with Gasteiger partial charge in [0.15, 0.2) is 9.84 Å². The molecule has 0 saturated heterocycles. The first kappa shape index (κ1) is 26.6. The molecule has 37 heavy (non-hydrogen) atoms. The van der Waals surface area contributed by atoms with E-state index in [2.05, 4.69) is 11.9 Å². The maximum Gasteiger partial charge on any atom is 0.337 e. The maximum absolute atomic E-state index is 13.2. The molecule has 0 unspecified atom stereocenters. The molecule has 2 aromatic carbocycles. The van der Waals surface area contributed by atoms with Crippen LogP contribution in [-0.2, 0) is 14.6 Å². The summed E-state index contributed by atoms with van der Waals surface area (Å²) in [4.78, 5) is 18.1. The molecule has 0 radical (unpaired) electrons. The Bertz CT molecular complexity index is 1380. The van der Waals surface area contributed by atoms with Gasteiger partial charge in [-0.2, -0.15) is 4.98 Å². The predicted molar refractivity (Wildman–Crippen MR) is 139 cm³/mol. The van der Waals surface area contributed by atoms with Crippen molar-refractivity contribution < 1.29 is 32.2 Å². The van der Waals surface area contributed by atoms with Crippen LogP contribution >= 0.6 is 11.6 Å². The second-order valence-electron chi connectivity index (χ2n) is 8.27. The van der Waals surface area contributed by atoms with Crippen LogP contribution in [0.4, 0.5) is 5.69 Å². The van der Waals surface area contributed by atoms with Crippen molar-refractivity contribution in [1.82, 2.24) is 4.98 Å². The molecule has 0 saturated carbocycles. The standard InChI is InChI=1S/C26H27ClN2O7S/c1-4-5-14-29-15-16-37(31,32)23-21(27)24(35-19-8-6-17(7-9-19)26(30)34-3)28-25(22(23)29)36-20-12-10-18(33-2)11-13-20/h6-13H,4-5,14-16H2,1-3H3. The number of nitrogens with zero attached hydrogens (tertiary/aromatic N) is 2. The molecule has 9 nitrogen and oxygen atoms in total. The number of aromatic nitrogens is 1. The van der Waals surface area contributed by atoms with Gasteiger partial charge in [-0.3, -0.25) is 0 Å². The van der Waals surface area contributed by atoms with Crippen LogP contribution < -0.4 is 19.1 Å². The van der Waals surface area contributed by atoms with Gasteiger partial charge in [-0.15, -0.1) is 0 Å². The molecule has 1 aliphatic heterocycles. The molecule has 0 amide bonds. The number of carbonyl (C=O) groups excluding carboxylic acids is 1. The molecule has 3 aromatic rings. The minimum absolute atomic E-state index is 0.0603. The first-order valence-corrected chi connectivity index (χ1v) is 13.7. The number of hydrogen-bond donors (Lipinski definition) is 0. The SMILES string of the molecule is CCCCN1CCS(=O)(=O)c2c(Cl)c(Oc3ccc(C(=O)OC)cc3)nc(Oc3ccc(OC)cc3)c21. The molecule has 1 aromatic heterocycles. The lowest BCUT2D eigenvalue weighted by Crippen LogP contribution is -2.36. The molecule has 11 heteroatoms. The van der Waals surface area contributed by atoms with E-state index in [4.69, 9.17) is 30.5 Å². The van der Waals surface area contributed by atoms with Gasteiger partial charge in [-0.25, -0.2) is 13.2 Å². The number of fused-ring (bicyclic) bond motifs is 1. The third-order valence-electron chi connectivity index (χ3n) is 5.81. The maximum atomic E-state index is 13.2. The largest absolute Gasteiger partial charge is 0.497 e. The van der Waals surface area contributed by atoms with Crippen molar-refractivity contribution in [2.75, 3.05) is 38.0 Å². The molecule has 0 bridgehead atoms. The number of ether oxygens (including phenoxy) is 4. The number of rotatable bonds is 9. The fourth-order valence-corrected chi connectivity index (χ4v) is 5.91. The third kappa shape index (κ3) is 5.75. The minimum atomic E-state index is -3.75. The third-order valence-corrected chi connectivity index (χ3v) is 8.01. The van der Waals surface area contributed by atoms with Crippen molar-refractivity contribution in [3.63, 3.8) is 0 Å². The van der Waals surface area contributed by atoms with Crippen LogP contribution in [0, 0.1) is 0 Å². The average Bonchev–Trinajstić information content (AvgIpc) is 2.90. The zero-order chi connectivity index (χ0) is 26.6. The zero-order valence-electron chi connectivity index (χ0n) is 20.7. The van der Waals surface area contributed by atoms with Crippen molar-refractivity contribution in [3.05, 3.63) is 59.1 Å². The summed E-state index contributed by atoms with van der Waals surface area (Å²) in [5.74, 6) is 0.719. The lowest BCUT2D eigenvalue weighted by atomic mass is 10.2. The normalized spacial score (nSPS) is 14.0. The highest BCUT2D eigenvalue weighted by Gasteiger charge is 2.37. The molecule has 0 fully saturated rings. The van der Waals surface area contributed by atoms with Crippen LogP contribution in [0.5, 0.6) is 29.0 Å². The molecular formula is C26H27ClN2O7S. The lowest BCUT2D eigenvalue weighted by molar-refractivity contribution is 0.0600. The number of sulfone groups is 1. The number of anilines is 1.